The third-order valence-corrected chi connectivity index (χ3v) is 5.87. The summed E-state index contributed by atoms with van der Waals surface area (Å²) in [6, 6.07) is 9.70. The van der Waals surface area contributed by atoms with Gasteiger partial charge in [-0.1, -0.05) is 29.8 Å². The standard InChI is InChI=1S/C26H28ClN3O4/c1-6-29(7-2)20-10-8-19(9-11-20)22(27)13-16(3)12-17(4)24-18(5)21(14-28)25(33)30(26(24)34)15-23(31)32/h8-13H,6-7,15H2,1-5H3,(H,31,32)/b16-12+,22-13-,24-17-. The van der Waals surface area contributed by atoms with Gasteiger partial charge in [-0.3, -0.25) is 19.3 Å². The van der Waals surface area contributed by atoms with Crippen molar-refractivity contribution < 1.29 is 19.5 Å². The minimum Gasteiger partial charge on any atom is -0.480 e. The van der Waals surface area contributed by atoms with Gasteiger partial charge in [0.2, 0.25) is 0 Å². The number of rotatable bonds is 8. The number of benzene rings is 1. The third-order valence-electron chi connectivity index (χ3n) is 5.54. The number of amides is 2. The number of halogens is 1. The van der Waals surface area contributed by atoms with E-state index in [1.165, 1.54) is 6.92 Å². The summed E-state index contributed by atoms with van der Waals surface area (Å²) >= 11 is 6.53. The molecule has 0 saturated carbocycles. The van der Waals surface area contributed by atoms with Crippen LogP contribution in [0.5, 0.6) is 0 Å². The van der Waals surface area contributed by atoms with Crippen LogP contribution in [-0.4, -0.2) is 47.4 Å². The Kier molecular flexibility index (Phi) is 8.99. The molecule has 34 heavy (non-hydrogen) atoms. The lowest BCUT2D eigenvalue weighted by atomic mass is 9.91. The second-order valence-electron chi connectivity index (χ2n) is 7.86. The molecule has 1 aliphatic rings. The van der Waals surface area contributed by atoms with E-state index < -0.39 is 24.3 Å². The summed E-state index contributed by atoms with van der Waals surface area (Å²) in [4.78, 5) is 39.3. The van der Waals surface area contributed by atoms with E-state index in [0.29, 0.717) is 15.5 Å². The number of imide groups is 1. The number of carbonyl (C=O) groups excluding carboxylic acids is 2. The van der Waals surface area contributed by atoms with E-state index in [0.717, 1.165) is 29.9 Å². The van der Waals surface area contributed by atoms with Crippen molar-refractivity contribution in [3.63, 3.8) is 0 Å². The zero-order valence-corrected chi connectivity index (χ0v) is 20.7. The van der Waals surface area contributed by atoms with Crippen molar-refractivity contribution in [2.75, 3.05) is 24.5 Å². The molecule has 8 heteroatoms. The van der Waals surface area contributed by atoms with E-state index in [4.69, 9.17) is 16.7 Å². The number of anilines is 1. The Bertz CT molecular complexity index is 1160. The molecule has 1 aromatic rings. The molecular formula is C26H28ClN3O4. The lowest BCUT2D eigenvalue weighted by Crippen LogP contribution is -2.45. The fourth-order valence-corrected chi connectivity index (χ4v) is 4.14. The summed E-state index contributed by atoms with van der Waals surface area (Å²) in [5.74, 6) is -2.99. The van der Waals surface area contributed by atoms with E-state index in [1.807, 2.05) is 31.2 Å². The number of carbonyl (C=O) groups is 3. The van der Waals surface area contributed by atoms with Gasteiger partial charge in [-0.25, -0.2) is 0 Å². The molecular weight excluding hydrogens is 454 g/mol. The summed E-state index contributed by atoms with van der Waals surface area (Å²) in [6.45, 7) is 10.2. The van der Waals surface area contributed by atoms with Crippen LogP contribution in [0.25, 0.3) is 5.03 Å². The number of aliphatic carboxylic acids is 1. The van der Waals surface area contributed by atoms with Crippen molar-refractivity contribution in [2.24, 2.45) is 0 Å². The highest BCUT2D eigenvalue weighted by Gasteiger charge is 2.37. The molecule has 178 valence electrons. The van der Waals surface area contributed by atoms with Gasteiger partial charge in [0.15, 0.2) is 0 Å². The third kappa shape index (κ3) is 5.83. The van der Waals surface area contributed by atoms with Crippen molar-refractivity contribution in [1.29, 1.82) is 5.26 Å². The maximum absolute atomic E-state index is 12.9. The first-order chi connectivity index (χ1) is 16.0. The first-order valence-electron chi connectivity index (χ1n) is 10.9. The average molecular weight is 482 g/mol. The van der Waals surface area contributed by atoms with Crippen LogP contribution in [0.1, 0.15) is 40.2 Å². The topological polar surface area (TPSA) is 102 Å². The largest absolute Gasteiger partial charge is 0.480 e. The highest BCUT2D eigenvalue weighted by Crippen LogP contribution is 2.29. The highest BCUT2D eigenvalue weighted by atomic mass is 35.5. The maximum Gasteiger partial charge on any atom is 0.323 e. The van der Waals surface area contributed by atoms with Crippen molar-refractivity contribution in [1.82, 2.24) is 4.90 Å². The predicted octanol–water partition coefficient (Wildman–Crippen LogP) is 4.67. The fraction of sp³-hybridized carbons (Fsp3) is 0.308. The van der Waals surface area contributed by atoms with Crippen LogP contribution in [-0.2, 0) is 14.4 Å². The Morgan fingerprint density at radius 3 is 2.21 bits per heavy atom. The minimum absolute atomic E-state index is 0.129. The van der Waals surface area contributed by atoms with Gasteiger partial charge in [-0.15, -0.1) is 0 Å². The van der Waals surface area contributed by atoms with Crippen LogP contribution in [0.3, 0.4) is 0 Å². The SMILES string of the molecule is CCN(CC)c1ccc(/C(Cl)=C/C(C)=C/C(C)=C2\C(=O)N(CC(=O)O)C(=O)C(C#N)=C2C)cc1. The smallest absolute Gasteiger partial charge is 0.323 e. The van der Waals surface area contributed by atoms with Crippen molar-refractivity contribution >= 4 is 40.1 Å². The Balaban J connectivity index is 2.43. The van der Waals surface area contributed by atoms with Gasteiger partial charge in [0.1, 0.15) is 18.2 Å². The lowest BCUT2D eigenvalue weighted by molar-refractivity contribution is -0.149. The molecule has 0 spiro atoms. The van der Waals surface area contributed by atoms with Crippen LogP contribution < -0.4 is 4.90 Å². The number of nitriles is 1. The first kappa shape index (κ1) is 26.6. The number of carboxylic acids is 1. The summed E-state index contributed by atoms with van der Waals surface area (Å²) in [5, 5.41) is 19.0. The summed E-state index contributed by atoms with van der Waals surface area (Å²) in [5.41, 5.74) is 3.29. The van der Waals surface area contributed by atoms with Gasteiger partial charge in [0.05, 0.1) is 0 Å². The average Bonchev–Trinajstić information content (AvgIpc) is 2.78. The molecule has 1 aromatic carbocycles. The highest BCUT2D eigenvalue weighted by molar-refractivity contribution is 6.49. The van der Waals surface area contributed by atoms with E-state index in [-0.39, 0.29) is 16.7 Å². The second-order valence-corrected chi connectivity index (χ2v) is 8.27. The van der Waals surface area contributed by atoms with Crippen LogP contribution in [0.4, 0.5) is 5.69 Å². The van der Waals surface area contributed by atoms with Crippen molar-refractivity contribution in [3.8, 4) is 6.07 Å². The molecule has 0 radical (unpaired) electrons. The molecule has 0 fully saturated rings. The van der Waals surface area contributed by atoms with Gasteiger partial charge in [0.25, 0.3) is 11.8 Å². The molecule has 1 heterocycles. The zero-order chi connectivity index (χ0) is 25.6. The van der Waals surface area contributed by atoms with E-state index in [2.05, 4.69) is 18.7 Å². The number of carboxylic acid groups (broad SMARTS) is 1. The predicted molar refractivity (Wildman–Crippen MR) is 133 cm³/mol. The monoisotopic (exact) mass is 481 g/mol. The van der Waals surface area contributed by atoms with Gasteiger partial charge in [-0.2, -0.15) is 5.26 Å². The zero-order valence-electron chi connectivity index (χ0n) is 20.0. The fourth-order valence-electron chi connectivity index (χ4n) is 3.84. The van der Waals surface area contributed by atoms with Gasteiger partial charge in [0, 0.05) is 29.4 Å². The second kappa shape index (κ2) is 11.5. The molecule has 2 amide bonds. The van der Waals surface area contributed by atoms with E-state index in [1.54, 1.807) is 25.1 Å². The summed E-state index contributed by atoms with van der Waals surface area (Å²) in [6.07, 6.45) is 3.48. The molecule has 0 aliphatic carbocycles. The Morgan fingerprint density at radius 1 is 1.12 bits per heavy atom. The molecule has 1 N–H and O–H groups in total. The quantitative estimate of drug-likeness (QED) is 0.329. The summed E-state index contributed by atoms with van der Waals surface area (Å²) < 4.78 is 0. The van der Waals surface area contributed by atoms with Crippen LogP contribution >= 0.6 is 11.6 Å². The van der Waals surface area contributed by atoms with Crippen molar-refractivity contribution in [3.05, 3.63) is 69.8 Å². The van der Waals surface area contributed by atoms with Crippen LogP contribution in [0.15, 0.2) is 64.3 Å². The van der Waals surface area contributed by atoms with Crippen LogP contribution in [0, 0.1) is 11.3 Å². The molecule has 0 aromatic heterocycles. The minimum atomic E-state index is -1.34. The first-order valence-corrected chi connectivity index (χ1v) is 11.2. The van der Waals surface area contributed by atoms with E-state index in [9.17, 15) is 19.6 Å². The molecule has 0 saturated heterocycles. The van der Waals surface area contributed by atoms with Crippen LogP contribution in [0.2, 0.25) is 0 Å². The molecule has 7 nitrogen and oxygen atoms in total. The van der Waals surface area contributed by atoms with Gasteiger partial charge in [-0.05, 0) is 75.1 Å². The normalized spacial score (nSPS) is 16.6. The number of hydrogen-bond donors (Lipinski definition) is 1. The Hall–Kier alpha value is -3.63. The van der Waals surface area contributed by atoms with Crippen molar-refractivity contribution in [2.45, 2.75) is 34.6 Å². The molecule has 2 rings (SSSR count). The molecule has 0 atom stereocenters. The van der Waals surface area contributed by atoms with E-state index >= 15 is 0 Å². The Labute approximate surface area is 204 Å². The van der Waals surface area contributed by atoms with Gasteiger partial charge >= 0.3 is 5.97 Å². The lowest BCUT2D eigenvalue weighted by Gasteiger charge is -2.27. The molecule has 1 aliphatic heterocycles. The Morgan fingerprint density at radius 2 is 1.71 bits per heavy atom. The number of nitrogens with zero attached hydrogens (tertiary/aromatic N) is 3. The molecule has 0 bridgehead atoms. The number of hydrogen-bond acceptors (Lipinski definition) is 5. The molecule has 0 unspecified atom stereocenters. The maximum atomic E-state index is 12.9. The number of allylic oxidation sites excluding steroid dienone is 4. The van der Waals surface area contributed by atoms with Gasteiger partial charge < -0.3 is 10.0 Å². The summed E-state index contributed by atoms with van der Waals surface area (Å²) in [7, 11) is 0.